The van der Waals surface area contributed by atoms with Crippen molar-refractivity contribution in [2.75, 3.05) is 6.61 Å². The van der Waals surface area contributed by atoms with E-state index in [0.29, 0.717) is 56.0 Å². The van der Waals surface area contributed by atoms with E-state index in [4.69, 9.17) is 14.2 Å². The van der Waals surface area contributed by atoms with E-state index in [1.165, 1.54) is 11.7 Å². The maximum Gasteiger partial charge on any atom is 0.308 e. The highest BCUT2D eigenvalue weighted by molar-refractivity contribution is 5.71. The summed E-state index contributed by atoms with van der Waals surface area (Å²) >= 11 is 0. The molecule has 192 valence electrons. The molecule has 3 aromatic rings. The minimum atomic E-state index is -0.483. The van der Waals surface area contributed by atoms with Gasteiger partial charge in [-0.25, -0.2) is 0 Å². The van der Waals surface area contributed by atoms with Crippen LogP contribution in [0.1, 0.15) is 62.5 Å². The first kappa shape index (κ1) is 26.7. The Balaban J connectivity index is 1.55. The third-order valence-electron chi connectivity index (χ3n) is 5.31. The summed E-state index contributed by atoms with van der Waals surface area (Å²) in [5, 5.41) is 23.0. The van der Waals surface area contributed by atoms with Gasteiger partial charge in [-0.2, -0.15) is 4.80 Å². The summed E-state index contributed by atoms with van der Waals surface area (Å²) in [5.74, 6) is 0.697. The van der Waals surface area contributed by atoms with Gasteiger partial charge in [0.05, 0.1) is 13.2 Å². The molecule has 1 heterocycles. The maximum atomic E-state index is 11.4. The Hall–Kier alpha value is -3.95. The Kier molecular flexibility index (Phi) is 9.79. The molecule has 0 atom stereocenters. The number of carbonyl (C=O) groups excluding carboxylic acids is 2. The van der Waals surface area contributed by atoms with Gasteiger partial charge in [0.25, 0.3) is 0 Å². The largest absolute Gasteiger partial charge is 0.504 e. The zero-order valence-electron chi connectivity index (χ0n) is 20.9. The van der Waals surface area contributed by atoms with Gasteiger partial charge in [-0.15, -0.1) is 10.2 Å². The number of phenolic OH excluding ortho intramolecular Hbond substituents is 1. The molecular formula is C26H32N4O6. The molecular weight excluding hydrogens is 464 g/mol. The highest BCUT2D eigenvalue weighted by atomic mass is 16.5. The van der Waals surface area contributed by atoms with Crippen molar-refractivity contribution in [3.05, 3.63) is 58.9 Å². The standard InChI is InChI=1S/C26H32N4O6/c1-4-7-22-20(11-14-23(26(22)33)36-18(3)31)17-35-21-12-9-19(10-13-21)16-24-27-29-30(28-24)15-6-8-25(32)34-5-2/h9-14,33H,4-8,15-17H2,1-3H3. The lowest BCUT2D eigenvalue weighted by Crippen LogP contribution is -2.08. The van der Waals surface area contributed by atoms with Crippen LogP contribution < -0.4 is 9.47 Å². The zero-order valence-corrected chi connectivity index (χ0v) is 20.9. The molecule has 10 nitrogen and oxygen atoms in total. The molecule has 1 aromatic heterocycles. The zero-order chi connectivity index (χ0) is 25.9. The Labute approximate surface area is 210 Å². The van der Waals surface area contributed by atoms with E-state index in [2.05, 4.69) is 15.4 Å². The maximum absolute atomic E-state index is 11.4. The molecule has 0 bridgehead atoms. The van der Waals surface area contributed by atoms with Crippen molar-refractivity contribution >= 4 is 11.9 Å². The van der Waals surface area contributed by atoms with Crippen LogP contribution in [0.25, 0.3) is 0 Å². The van der Waals surface area contributed by atoms with Gasteiger partial charge >= 0.3 is 11.9 Å². The normalized spacial score (nSPS) is 10.8. The fourth-order valence-corrected chi connectivity index (χ4v) is 3.65. The highest BCUT2D eigenvalue weighted by Crippen LogP contribution is 2.34. The van der Waals surface area contributed by atoms with Gasteiger partial charge < -0.3 is 19.3 Å². The predicted molar refractivity (Wildman–Crippen MR) is 131 cm³/mol. The van der Waals surface area contributed by atoms with Gasteiger partial charge in [0.2, 0.25) is 0 Å². The number of tetrazole rings is 1. The summed E-state index contributed by atoms with van der Waals surface area (Å²) in [6.45, 7) is 6.23. The lowest BCUT2D eigenvalue weighted by atomic mass is 10.0. The van der Waals surface area contributed by atoms with E-state index in [9.17, 15) is 14.7 Å². The summed E-state index contributed by atoms with van der Waals surface area (Å²) in [6, 6.07) is 11.0. The Morgan fingerprint density at radius 1 is 1.08 bits per heavy atom. The molecule has 0 aliphatic rings. The average Bonchev–Trinajstić information content (AvgIpc) is 3.29. The van der Waals surface area contributed by atoms with Crippen LogP contribution >= 0.6 is 0 Å². The number of phenols is 1. The molecule has 2 aromatic carbocycles. The number of ether oxygens (including phenoxy) is 3. The number of aromatic nitrogens is 4. The molecule has 0 aliphatic heterocycles. The predicted octanol–water partition coefficient (Wildman–Crippen LogP) is 3.77. The summed E-state index contributed by atoms with van der Waals surface area (Å²) in [5.41, 5.74) is 2.55. The monoisotopic (exact) mass is 496 g/mol. The van der Waals surface area contributed by atoms with Crippen molar-refractivity contribution in [1.82, 2.24) is 20.2 Å². The minimum Gasteiger partial charge on any atom is -0.504 e. The van der Waals surface area contributed by atoms with Crippen LogP contribution in [0.3, 0.4) is 0 Å². The molecule has 10 heteroatoms. The number of benzene rings is 2. The van der Waals surface area contributed by atoms with Crippen molar-refractivity contribution < 1.29 is 28.9 Å². The number of aryl methyl sites for hydroxylation is 1. The van der Waals surface area contributed by atoms with Crippen molar-refractivity contribution in [3.8, 4) is 17.2 Å². The van der Waals surface area contributed by atoms with Crippen LogP contribution in [0.15, 0.2) is 36.4 Å². The topological polar surface area (TPSA) is 126 Å². The van der Waals surface area contributed by atoms with Crippen LogP contribution in [0.5, 0.6) is 17.2 Å². The van der Waals surface area contributed by atoms with Crippen LogP contribution in [0.2, 0.25) is 0 Å². The van der Waals surface area contributed by atoms with Crippen molar-refractivity contribution in [2.24, 2.45) is 0 Å². The summed E-state index contributed by atoms with van der Waals surface area (Å²) in [6.07, 6.45) is 2.88. The Bertz CT molecular complexity index is 1160. The highest BCUT2D eigenvalue weighted by Gasteiger charge is 2.15. The van der Waals surface area contributed by atoms with Crippen LogP contribution in [-0.2, 0) is 40.3 Å². The molecule has 0 unspecified atom stereocenters. The lowest BCUT2D eigenvalue weighted by molar-refractivity contribution is -0.143. The van der Waals surface area contributed by atoms with Gasteiger partial charge in [-0.05, 0) is 54.3 Å². The third-order valence-corrected chi connectivity index (χ3v) is 5.31. The first-order valence-corrected chi connectivity index (χ1v) is 12.1. The van der Waals surface area contributed by atoms with E-state index >= 15 is 0 Å². The average molecular weight is 497 g/mol. The number of hydrogen-bond donors (Lipinski definition) is 1. The molecule has 1 N–H and O–H groups in total. The molecule has 0 saturated heterocycles. The lowest BCUT2D eigenvalue weighted by Gasteiger charge is -2.15. The van der Waals surface area contributed by atoms with E-state index in [-0.39, 0.29) is 24.1 Å². The second kappa shape index (κ2) is 13.2. The molecule has 0 spiro atoms. The van der Waals surface area contributed by atoms with Crippen LogP contribution in [0.4, 0.5) is 0 Å². The Morgan fingerprint density at radius 2 is 1.86 bits per heavy atom. The van der Waals surface area contributed by atoms with E-state index in [0.717, 1.165) is 17.5 Å². The summed E-state index contributed by atoms with van der Waals surface area (Å²) < 4.78 is 15.9. The fraction of sp³-hybridized carbons (Fsp3) is 0.423. The second-order valence-electron chi connectivity index (χ2n) is 8.21. The van der Waals surface area contributed by atoms with E-state index in [1.54, 1.807) is 19.1 Å². The van der Waals surface area contributed by atoms with Crippen molar-refractivity contribution in [3.63, 3.8) is 0 Å². The van der Waals surface area contributed by atoms with Crippen molar-refractivity contribution in [1.29, 1.82) is 0 Å². The molecule has 0 fully saturated rings. The third kappa shape index (κ3) is 7.79. The van der Waals surface area contributed by atoms with E-state index < -0.39 is 5.97 Å². The molecule has 0 aliphatic carbocycles. The quantitative estimate of drug-likeness (QED) is 0.278. The molecule has 0 saturated carbocycles. The van der Waals surface area contributed by atoms with Gasteiger partial charge in [0, 0.05) is 25.3 Å². The number of carbonyl (C=O) groups is 2. The van der Waals surface area contributed by atoms with Gasteiger partial charge in [-0.3, -0.25) is 9.59 Å². The SMILES string of the molecule is CCCc1c(COc2ccc(Cc3nnn(CCCC(=O)OCC)n3)cc2)ccc(OC(C)=O)c1O. The first-order valence-electron chi connectivity index (χ1n) is 12.1. The second-order valence-corrected chi connectivity index (χ2v) is 8.21. The number of esters is 2. The fourth-order valence-electron chi connectivity index (χ4n) is 3.65. The Morgan fingerprint density at radius 3 is 2.56 bits per heavy atom. The summed E-state index contributed by atoms with van der Waals surface area (Å²) in [4.78, 5) is 24.2. The molecule has 36 heavy (non-hydrogen) atoms. The van der Waals surface area contributed by atoms with Crippen molar-refractivity contribution in [2.45, 2.75) is 66.0 Å². The molecule has 3 rings (SSSR count). The van der Waals surface area contributed by atoms with Gasteiger partial charge in [0.1, 0.15) is 12.4 Å². The van der Waals surface area contributed by atoms with Crippen LogP contribution in [-0.4, -0.2) is 43.9 Å². The number of hydrogen-bond acceptors (Lipinski definition) is 9. The first-order chi connectivity index (χ1) is 17.4. The number of rotatable bonds is 13. The number of aromatic hydroxyl groups is 1. The molecule has 0 radical (unpaired) electrons. The molecule has 0 amide bonds. The van der Waals surface area contributed by atoms with Gasteiger partial charge in [0.15, 0.2) is 17.3 Å². The van der Waals surface area contributed by atoms with E-state index in [1.807, 2.05) is 31.2 Å². The summed E-state index contributed by atoms with van der Waals surface area (Å²) in [7, 11) is 0. The smallest absolute Gasteiger partial charge is 0.308 e. The minimum absolute atomic E-state index is 0.0232. The number of nitrogens with zero attached hydrogens (tertiary/aromatic N) is 4. The van der Waals surface area contributed by atoms with Gasteiger partial charge in [-0.1, -0.05) is 31.5 Å². The van der Waals surface area contributed by atoms with Crippen LogP contribution in [0, 0.1) is 0 Å².